The molecule has 3 aromatic rings. The first-order valence-corrected chi connectivity index (χ1v) is 7.82. The maximum absolute atomic E-state index is 11.7. The summed E-state index contributed by atoms with van der Waals surface area (Å²) in [5, 5.41) is 0.939. The largest absolute Gasteiger partial charge is 0.496 e. The number of ether oxygens (including phenoxy) is 1. The summed E-state index contributed by atoms with van der Waals surface area (Å²) in [7, 11) is 3.52. The predicted octanol–water partition coefficient (Wildman–Crippen LogP) is 3.42. The number of primary amides is 1. The molecule has 0 bridgehead atoms. The van der Waals surface area contributed by atoms with Gasteiger partial charge in [-0.15, -0.1) is 0 Å². The van der Waals surface area contributed by atoms with Gasteiger partial charge in [-0.2, -0.15) is 0 Å². The van der Waals surface area contributed by atoms with Crippen LogP contribution < -0.4 is 10.5 Å². The number of fused-ring (bicyclic) bond motifs is 1. The van der Waals surface area contributed by atoms with E-state index in [2.05, 4.69) is 20.9 Å². The van der Waals surface area contributed by atoms with Crippen molar-refractivity contribution < 1.29 is 9.53 Å². The fraction of sp³-hybridized carbons (Fsp3) is 0.176. The van der Waals surface area contributed by atoms with E-state index in [4.69, 9.17) is 10.5 Å². The van der Waals surface area contributed by atoms with Crippen LogP contribution in [0.2, 0.25) is 0 Å². The Labute approximate surface area is 142 Å². The minimum absolute atomic E-state index is 0.239. The van der Waals surface area contributed by atoms with Crippen molar-refractivity contribution in [3.8, 4) is 16.9 Å². The highest BCUT2D eigenvalue weighted by molar-refractivity contribution is 9.10. The lowest BCUT2D eigenvalue weighted by Crippen LogP contribution is -2.13. The Balaban J connectivity index is 2.43. The van der Waals surface area contributed by atoms with Gasteiger partial charge in [0.2, 0.25) is 0 Å². The van der Waals surface area contributed by atoms with Gasteiger partial charge < -0.3 is 15.0 Å². The first kappa shape index (κ1) is 15.6. The van der Waals surface area contributed by atoms with Crippen LogP contribution in [0.4, 0.5) is 0 Å². The van der Waals surface area contributed by atoms with Gasteiger partial charge in [-0.25, -0.2) is 4.98 Å². The Morgan fingerprint density at radius 1 is 1.35 bits per heavy atom. The van der Waals surface area contributed by atoms with Crippen molar-refractivity contribution in [2.75, 3.05) is 7.11 Å². The highest BCUT2D eigenvalue weighted by Gasteiger charge is 2.18. The Hall–Kier alpha value is -2.34. The molecule has 0 spiro atoms. The molecule has 0 aliphatic rings. The first-order valence-electron chi connectivity index (χ1n) is 7.03. The average Bonchev–Trinajstić information content (AvgIpc) is 2.81. The number of methoxy groups -OCH3 is 1. The fourth-order valence-electron chi connectivity index (χ4n) is 2.78. The van der Waals surface area contributed by atoms with Gasteiger partial charge >= 0.3 is 0 Å². The van der Waals surface area contributed by atoms with Crippen molar-refractivity contribution in [1.29, 1.82) is 0 Å². The number of carbonyl (C=O) groups is 1. The Morgan fingerprint density at radius 2 is 2.09 bits per heavy atom. The zero-order chi connectivity index (χ0) is 16.7. The summed E-state index contributed by atoms with van der Waals surface area (Å²) in [6.07, 6.45) is 1.92. The number of aryl methyl sites for hydroxylation is 1. The van der Waals surface area contributed by atoms with E-state index < -0.39 is 5.91 Å². The van der Waals surface area contributed by atoms with Gasteiger partial charge in [-0.1, -0.05) is 12.1 Å². The lowest BCUT2D eigenvalue weighted by Gasteiger charge is -2.13. The van der Waals surface area contributed by atoms with E-state index in [9.17, 15) is 4.79 Å². The van der Waals surface area contributed by atoms with Crippen molar-refractivity contribution in [3.63, 3.8) is 0 Å². The number of pyridine rings is 1. The van der Waals surface area contributed by atoms with E-state index in [0.29, 0.717) is 5.65 Å². The average molecular weight is 374 g/mol. The normalized spacial score (nSPS) is 11.0. The molecule has 2 aromatic heterocycles. The molecule has 0 atom stereocenters. The molecule has 0 aliphatic heterocycles. The van der Waals surface area contributed by atoms with Gasteiger partial charge in [0.25, 0.3) is 5.91 Å². The van der Waals surface area contributed by atoms with Crippen molar-refractivity contribution in [1.82, 2.24) is 9.55 Å². The summed E-state index contributed by atoms with van der Waals surface area (Å²) in [4.78, 5) is 16.0. The number of halogens is 1. The van der Waals surface area contributed by atoms with E-state index >= 15 is 0 Å². The molecular weight excluding hydrogens is 358 g/mol. The molecule has 23 heavy (non-hydrogen) atoms. The van der Waals surface area contributed by atoms with Crippen LogP contribution in [-0.4, -0.2) is 22.6 Å². The highest BCUT2D eigenvalue weighted by Crippen LogP contribution is 2.38. The van der Waals surface area contributed by atoms with E-state index in [-0.39, 0.29) is 5.69 Å². The quantitative estimate of drug-likeness (QED) is 0.764. The summed E-state index contributed by atoms with van der Waals surface area (Å²) in [6.45, 7) is 1.99. The Bertz CT molecular complexity index is 931. The van der Waals surface area contributed by atoms with Gasteiger partial charge in [0.15, 0.2) is 0 Å². The summed E-state index contributed by atoms with van der Waals surface area (Å²) in [6, 6.07) is 7.56. The minimum Gasteiger partial charge on any atom is -0.496 e. The standard InChI is InChI=1S/C17H16BrN3O2/c1-9-10(5-4-6-14(9)23-3)11-7-13(16(19)22)20-17-15(11)12(18)8-21(17)2/h4-8H,1-3H3,(H2,19,22). The molecule has 6 heteroatoms. The molecule has 0 radical (unpaired) electrons. The number of nitrogens with two attached hydrogens (primary N) is 1. The van der Waals surface area contributed by atoms with Crippen LogP contribution in [0.3, 0.4) is 0 Å². The number of benzene rings is 1. The summed E-state index contributed by atoms with van der Waals surface area (Å²) < 4.78 is 8.19. The first-order chi connectivity index (χ1) is 10.9. The van der Waals surface area contributed by atoms with Gasteiger partial charge in [-0.3, -0.25) is 4.79 Å². The topological polar surface area (TPSA) is 70.1 Å². The summed E-state index contributed by atoms with van der Waals surface area (Å²) in [5.41, 5.74) is 9.26. The maximum Gasteiger partial charge on any atom is 0.267 e. The van der Waals surface area contributed by atoms with Crippen LogP contribution in [0, 0.1) is 6.92 Å². The van der Waals surface area contributed by atoms with Crippen molar-refractivity contribution >= 4 is 32.9 Å². The number of carbonyl (C=O) groups excluding carboxylic acids is 1. The van der Waals surface area contributed by atoms with Crippen LogP contribution >= 0.6 is 15.9 Å². The van der Waals surface area contributed by atoms with Gasteiger partial charge in [0, 0.05) is 23.1 Å². The second-order valence-corrected chi connectivity index (χ2v) is 6.19. The lowest BCUT2D eigenvalue weighted by atomic mass is 9.97. The molecule has 0 unspecified atom stereocenters. The molecule has 1 amide bonds. The molecule has 5 nitrogen and oxygen atoms in total. The number of rotatable bonds is 3. The van der Waals surface area contributed by atoms with E-state index in [1.165, 1.54) is 0 Å². The highest BCUT2D eigenvalue weighted by atomic mass is 79.9. The third-order valence-electron chi connectivity index (χ3n) is 3.93. The molecule has 1 aromatic carbocycles. The molecule has 3 rings (SSSR count). The number of hydrogen-bond acceptors (Lipinski definition) is 3. The molecule has 2 heterocycles. The summed E-state index contributed by atoms with van der Waals surface area (Å²) >= 11 is 3.58. The Kier molecular flexibility index (Phi) is 3.85. The Morgan fingerprint density at radius 3 is 2.74 bits per heavy atom. The van der Waals surface area contributed by atoms with Gasteiger partial charge in [-0.05, 0) is 51.7 Å². The molecule has 2 N–H and O–H groups in total. The number of nitrogens with zero attached hydrogens (tertiary/aromatic N) is 2. The summed E-state index contributed by atoms with van der Waals surface area (Å²) in [5.74, 6) is 0.242. The molecule has 0 aliphatic carbocycles. The molecule has 0 saturated carbocycles. The van der Waals surface area contributed by atoms with Crippen LogP contribution in [0.5, 0.6) is 5.75 Å². The predicted molar refractivity (Wildman–Crippen MR) is 93.7 cm³/mol. The maximum atomic E-state index is 11.7. The van der Waals surface area contributed by atoms with Crippen LogP contribution in [-0.2, 0) is 7.05 Å². The monoisotopic (exact) mass is 373 g/mol. The zero-order valence-electron chi connectivity index (χ0n) is 13.1. The van der Waals surface area contributed by atoms with Crippen molar-refractivity contribution in [2.24, 2.45) is 12.8 Å². The molecule has 118 valence electrons. The van der Waals surface area contributed by atoms with Crippen LogP contribution in [0.1, 0.15) is 16.1 Å². The van der Waals surface area contributed by atoms with Gasteiger partial charge in [0.05, 0.1) is 7.11 Å². The van der Waals surface area contributed by atoms with E-state index in [1.54, 1.807) is 13.2 Å². The fourth-order valence-corrected chi connectivity index (χ4v) is 3.48. The third-order valence-corrected chi connectivity index (χ3v) is 4.53. The van der Waals surface area contributed by atoms with E-state index in [1.807, 2.05) is 42.9 Å². The van der Waals surface area contributed by atoms with Crippen molar-refractivity contribution in [3.05, 3.63) is 46.2 Å². The number of amides is 1. The number of hydrogen-bond donors (Lipinski definition) is 1. The zero-order valence-corrected chi connectivity index (χ0v) is 14.6. The second-order valence-electron chi connectivity index (χ2n) is 5.34. The van der Waals surface area contributed by atoms with Gasteiger partial charge in [0.1, 0.15) is 17.1 Å². The van der Waals surface area contributed by atoms with E-state index in [0.717, 1.165) is 32.3 Å². The molecule has 0 saturated heterocycles. The minimum atomic E-state index is -0.550. The smallest absolute Gasteiger partial charge is 0.267 e. The molecular formula is C17H16BrN3O2. The van der Waals surface area contributed by atoms with Crippen molar-refractivity contribution in [2.45, 2.75) is 6.92 Å². The lowest BCUT2D eigenvalue weighted by molar-refractivity contribution is 0.0996. The van der Waals surface area contributed by atoms with Crippen LogP contribution in [0.15, 0.2) is 34.9 Å². The second kappa shape index (κ2) is 5.70. The number of aromatic nitrogens is 2. The molecule has 0 fully saturated rings. The SMILES string of the molecule is COc1cccc(-c2cc(C(N)=O)nc3c2c(Br)cn3C)c1C. The third kappa shape index (κ3) is 2.49. The van der Waals surface area contributed by atoms with Crippen LogP contribution in [0.25, 0.3) is 22.2 Å².